The molecule has 0 N–H and O–H groups in total. The Morgan fingerprint density at radius 2 is 1.38 bits per heavy atom. The van der Waals surface area contributed by atoms with Crippen LogP contribution in [0.5, 0.6) is 0 Å². The van der Waals surface area contributed by atoms with Crippen molar-refractivity contribution in [1.29, 1.82) is 0 Å². The van der Waals surface area contributed by atoms with Crippen LogP contribution in [0.3, 0.4) is 0 Å². The van der Waals surface area contributed by atoms with E-state index >= 15 is 0 Å². The summed E-state index contributed by atoms with van der Waals surface area (Å²) in [5, 5.41) is 0. The lowest BCUT2D eigenvalue weighted by Gasteiger charge is -2.20. The molecule has 0 aromatic heterocycles. The van der Waals surface area contributed by atoms with E-state index in [1.807, 2.05) is 0 Å². The van der Waals surface area contributed by atoms with Crippen LogP contribution in [0.4, 0.5) is 0 Å². The number of unbranched alkanes of at least 4 members (excludes halogenated alkanes) is 8. The van der Waals surface area contributed by atoms with Crippen LogP contribution in [0.1, 0.15) is 118 Å². The SMILES string of the molecule is CCCCCCCCCCC#CCOC(=O)CCCC(=O)OC(CCC)C(C)C. The smallest absolute Gasteiger partial charge is 0.306 e. The van der Waals surface area contributed by atoms with Crippen LogP contribution in [0, 0.1) is 17.8 Å². The van der Waals surface area contributed by atoms with Crippen molar-refractivity contribution in [2.75, 3.05) is 6.61 Å². The lowest BCUT2D eigenvalue weighted by atomic mass is 10.0. The third-order valence-corrected chi connectivity index (χ3v) is 4.95. The Morgan fingerprint density at radius 1 is 0.759 bits per heavy atom. The molecular weight excluding hydrogens is 364 g/mol. The topological polar surface area (TPSA) is 52.6 Å². The third kappa shape index (κ3) is 18.3. The molecule has 29 heavy (non-hydrogen) atoms. The van der Waals surface area contributed by atoms with Crippen molar-refractivity contribution >= 4 is 11.9 Å². The fourth-order valence-corrected chi connectivity index (χ4v) is 3.09. The van der Waals surface area contributed by atoms with Gasteiger partial charge in [-0.25, -0.2) is 0 Å². The summed E-state index contributed by atoms with van der Waals surface area (Å²) in [6, 6.07) is 0. The van der Waals surface area contributed by atoms with E-state index in [0.29, 0.717) is 12.3 Å². The highest BCUT2D eigenvalue weighted by molar-refractivity contribution is 5.72. The molecule has 0 radical (unpaired) electrons. The molecule has 168 valence electrons. The fourth-order valence-electron chi connectivity index (χ4n) is 3.09. The van der Waals surface area contributed by atoms with Gasteiger partial charge in [0.05, 0.1) is 0 Å². The summed E-state index contributed by atoms with van der Waals surface area (Å²) in [6.07, 6.45) is 14.0. The average Bonchev–Trinajstić information content (AvgIpc) is 2.68. The van der Waals surface area contributed by atoms with E-state index in [4.69, 9.17) is 9.47 Å². The molecule has 1 atom stereocenters. The second-order valence-corrected chi connectivity index (χ2v) is 8.15. The molecule has 0 aliphatic heterocycles. The van der Waals surface area contributed by atoms with Crippen LogP contribution >= 0.6 is 0 Å². The number of esters is 2. The average molecular weight is 409 g/mol. The van der Waals surface area contributed by atoms with E-state index in [2.05, 4.69) is 39.5 Å². The Balaban J connectivity index is 3.63. The minimum Gasteiger partial charge on any atom is -0.462 e. The molecular formula is C25H44O4. The molecule has 0 bridgehead atoms. The maximum atomic E-state index is 11.9. The van der Waals surface area contributed by atoms with Crippen LogP contribution in [0.15, 0.2) is 0 Å². The van der Waals surface area contributed by atoms with Gasteiger partial charge in [0.15, 0.2) is 6.61 Å². The normalized spacial score (nSPS) is 11.6. The van der Waals surface area contributed by atoms with Crippen molar-refractivity contribution in [2.24, 2.45) is 5.92 Å². The molecule has 1 unspecified atom stereocenters. The molecule has 4 heteroatoms. The van der Waals surface area contributed by atoms with Gasteiger partial charge in [0.2, 0.25) is 0 Å². The van der Waals surface area contributed by atoms with Crippen molar-refractivity contribution in [3.8, 4) is 11.8 Å². The highest BCUT2D eigenvalue weighted by atomic mass is 16.5. The largest absolute Gasteiger partial charge is 0.462 e. The van der Waals surface area contributed by atoms with Crippen molar-refractivity contribution in [3.05, 3.63) is 0 Å². The van der Waals surface area contributed by atoms with Gasteiger partial charge < -0.3 is 9.47 Å². The first-order chi connectivity index (χ1) is 14.0. The maximum absolute atomic E-state index is 11.9. The van der Waals surface area contributed by atoms with Crippen molar-refractivity contribution in [1.82, 2.24) is 0 Å². The van der Waals surface area contributed by atoms with E-state index in [1.54, 1.807) is 0 Å². The van der Waals surface area contributed by atoms with Gasteiger partial charge >= 0.3 is 11.9 Å². The zero-order valence-electron chi connectivity index (χ0n) is 19.4. The van der Waals surface area contributed by atoms with Crippen molar-refractivity contribution in [3.63, 3.8) is 0 Å². The molecule has 0 saturated heterocycles. The number of hydrogen-bond donors (Lipinski definition) is 0. The molecule has 0 saturated carbocycles. The van der Waals surface area contributed by atoms with Gasteiger partial charge in [0.25, 0.3) is 0 Å². The summed E-state index contributed by atoms with van der Waals surface area (Å²) in [5.74, 6) is 5.76. The van der Waals surface area contributed by atoms with Gasteiger partial charge in [-0.15, -0.1) is 0 Å². The second kappa shape index (κ2) is 19.8. The van der Waals surface area contributed by atoms with Gasteiger partial charge in [0, 0.05) is 19.3 Å². The van der Waals surface area contributed by atoms with Crippen LogP contribution in [-0.2, 0) is 19.1 Å². The zero-order chi connectivity index (χ0) is 21.7. The minimum absolute atomic E-state index is 0.0317. The predicted octanol–water partition coefficient (Wildman–Crippen LogP) is 6.60. The summed E-state index contributed by atoms with van der Waals surface area (Å²) in [5.41, 5.74) is 0. The number of carbonyl (C=O) groups excluding carboxylic acids is 2. The summed E-state index contributed by atoms with van der Waals surface area (Å²) >= 11 is 0. The van der Waals surface area contributed by atoms with Crippen LogP contribution in [-0.4, -0.2) is 24.6 Å². The van der Waals surface area contributed by atoms with E-state index in [1.165, 1.54) is 44.9 Å². The van der Waals surface area contributed by atoms with Gasteiger partial charge in [0.1, 0.15) is 6.10 Å². The van der Waals surface area contributed by atoms with Gasteiger partial charge in [-0.1, -0.05) is 90.9 Å². The Morgan fingerprint density at radius 3 is 2.00 bits per heavy atom. The highest BCUT2D eigenvalue weighted by Crippen LogP contribution is 2.14. The second-order valence-electron chi connectivity index (χ2n) is 8.15. The molecule has 0 aromatic rings. The molecule has 0 aromatic carbocycles. The standard InChI is InChI=1S/C25H44O4/c1-5-7-8-9-10-11-12-13-14-15-16-21-28-24(26)19-17-20-25(27)29-23(18-6-2)22(3)4/h22-23H,5-14,17-21H2,1-4H3. The first-order valence-corrected chi connectivity index (χ1v) is 11.8. The summed E-state index contributed by atoms with van der Waals surface area (Å²) in [4.78, 5) is 23.6. The molecule has 0 aliphatic rings. The zero-order valence-corrected chi connectivity index (χ0v) is 19.4. The lowest BCUT2D eigenvalue weighted by molar-refractivity contribution is -0.152. The third-order valence-electron chi connectivity index (χ3n) is 4.95. The monoisotopic (exact) mass is 408 g/mol. The summed E-state index contributed by atoms with van der Waals surface area (Å²) < 4.78 is 10.6. The predicted molar refractivity (Wildman–Crippen MR) is 119 cm³/mol. The molecule has 0 spiro atoms. The van der Waals surface area contributed by atoms with Crippen molar-refractivity contribution in [2.45, 2.75) is 124 Å². The molecule has 0 heterocycles. The minimum atomic E-state index is -0.298. The molecule has 4 nitrogen and oxygen atoms in total. The first-order valence-electron chi connectivity index (χ1n) is 11.8. The van der Waals surface area contributed by atoms with E-state index in [9.17, 15) is 9.59 Å². The Kier molecular flexibility index (Phi) is 18.8. The molecule has 0 rings (SSSR count). The first kappa shape index (κ1) is 27.5. The van der Waals surface area contributed by atoms with E-state index in [-0.39, 0.29) is 37.5 Å². The number of rotatable bonds is 17. The number of ether oxygens (including phenoxy) is 2. The van der Waals surface area contributed by atoms with Gasteiger partial charge in [-0.05, 0) is 25.2 Å². The molecule has 0 fully saturated rings. The van der Waals surface area contributed by atoms with Gasteiger partial charge in [-0.3, -0.25) is 9.59 Å². The fraction of sp³-hybridized carbons (Fsp3) is 0.840. The summed E-state index contributed by atoms with van der Waals surface area (Å²) in [6.45, 7) is 8.58. The van der Waals surface area contributed by atoms with Crippen LogP contribution in [0.25, 0.3) is 0 Å². The molecule has 0 amide bonds. The Labute approximate surface area is 179 Å². The Bertz CT molecular complexity index is 473. The quantitative estimate of drug-likeness (QED) is 0.154. The van der Waals surface area contributed by atoms with Crippen LogP contribution in [0.2, 0.25) is 0 Å². The number of hydrogen-bond acceptors (Lipinski definition) is 4. The van der Waals surface area contributed by atoms with E-state index < -0.39 is 0 Å². The van der Waals surface area contributed by atoms with E-state index in [0.717, 1.165) is 25.7 Å². The van der Waals surface area contributed by atoms with Crippen molar-refractivity contribution < 1.29 is 19.1 Å². The maximum Gasteiger partial charge on any atom is 0.306 e. The number of carbonyl (C=O) groups is 2. The summed E-state index contributed by atoms with van der Waals surface area (Å²) in [7, 11) is 0. The molecule has 0 aliphatic carbocycles. The van der Waals surface area contributed by atoms with Gasteiger partial charge in [-0.2, -0.15) is 0 Å². The lowest BCUT2D eigenvalue weighted by Crippen LogP contribution is -2.23. The van der Waals surface area contributed by atoms with Crippen LogP contribution < -0.4 is 0 Å². The Hall–Kier alpha value is -1.50. The highest BCUT2D eigenvalue weighted by Gasteiger charge is 2.17.